The molecule has 0 saturated heterocycles. The SMILES string of the molecule is CCC(C)CN(C)C1CC(C)(C)CCC1NC. The van der Waals surface area contributed by atoms with Gasteiger partial charge in [0.05, 0.1) is 0 Å². The Morgan fingerprint density at radius 2 is 2.06 bits per heavy atom. The molecule has 2 nitrogen and oxygen atoms in total. The van der Waals surface area contributed by atoms with Crippen LogP contribution in [0.3, 0.4) is 0 Å². The molecular weight excluding hydrogens is 208 g/mol. The van der Waals surface area contributed by atoms with Gasteiger partial charge in [-0.2, -0.15) is 0 Å². The summed E-state index contributed by atoms with van der Waals surface area (Å²) in [6, 6.07) is 1.38. The summed E-state index contributed by atoms with van der Waals surface area (Å²) in [6.07, 6.45) is 5.28. The Bertz CT molecular complexity index is 225. The average Bonchev–Trinajstić information content (AvgIpc) is 2.27. The van der Waals surface area contributed by atoms with E-state index in [9.17, 15) is 0 Å². The quantitative estimate of drug-likeness (QED) is 0.794. The second-order valence-electron chi connectivity index (χ2n) is 6.82. The third-order valence-corrected chi connectivity index (χ3v) is 4.59. The maximum Gasteiger partial charge on any atom is 0.0251 e. The number of rotatable bonds is 5. The summed E-state index contributed by atoms with van der Waals surface area (Å²) in [4.78, 5) is 2.59. The summed E-state index contributed by atoms with van der Waals surface area (Å²) >= 11 is 0. The van der Waals surface area contributed by atoms with Crippen molar-refractivity contribution in [3.63, 3.8) is 0 Å². The molecule has 0 heterocycles. The largest absolute Gasteiger partial charge is 0.315 e. The van der Waals surface area contributed by atoms with Gasteiger partial charge >= 0.3 is 0 Å². The molecule has 0 spiro atoms. The highest BCUT2D eigenvalue weighted by atomic mass is 15.2. The fraction of sp³-hybridized carbons (Fsp3) is 1.00. The maximum atomic E-state index is 3.52. The van der Waals surface area contributed by atoms with Crippen molar-refractivity contribution in [1.82, 2.24) is 10.2 Å². The highest BCUT2D eigenvalue weighted by Crippen LogP contribution is 2.37. The van der Waals surface area contributed by atoms with E-state index in [4.69, 9.17) is 0 Å². The van der Waals surface area contributed by atoms with E-state index in [-0.39, 0.29) is 0 Å². The van der Waals surface area contributed by atoms with E-state index in [1.807, 2.05) is 0 Å². The van der Waals surface area contributed by atoms with Crippen LogP contribution in [0, 0.1) is 11.3 Å². The van der Waals surface area contributed by atoms with Crippen LogP contribution < -0.4 is 5.32 Å². The van der Waals surface area contributed by atoms with Crippen LogP contribution in [0.1, 0.15) is 53.4 Å². The Hall–Kier alpha value is -0.0800. The molecule has 0 aliphatic heterocycles. The van der Waals surface area contributed by atoms with E-state index < -0.39 is 0 Å². The van der Waals surface area contributed by atoms with Gasteiger partial charge < -0.3 is 10.2 Å². The third-order valence-electron chi connectivity index (χ3n) is 4.59. The van der Waals surface area contributed by atoms with Gasteiger partial charge in [0.25, 0.3) is 0 Å². The number of likely N-dealkylation sites (N-methyl/N-ethyl adjacent to an activating group) is 2. The summed E-state index contributed by atoms with van der Waals surface area (Å²) in [5, 5.41) is 3.52. The van der Waals surface area contributed by atoms with Gasteiger partial charge in [-0.15, -0.1) is 0 Å². The van der Waals surface area contributed by atoms with Gasteiger partial charge in [0.1, 0.15) is 0 Å². The monoisotopic (exact) mass is 240 g/mol. The Balaban J connectivity index is 2.62. The molecule has 1 aliphatic rings. The summed E-state index contributed by atoms with van der Waals surface area (Å²) < 4.78 is 0. The molecule has 1 fully saturated rings. The number of hydrogen-bond acceptors (Lipinski definition) is 2. The first kappa shape index (κ1) is 15.0. The Labute approximate surface area is 108 Å². The first-order valence-corrected chi connectivity index (χ1v) is 7.27. The molecule has 0 aromatic carbocycles. The molecule has 0 aromatic heterocycles. The van der Waals surface area contributed by atoms with Crippen LogP contribution in [0.5, 0.6) is 0 Å². The Morgan fingerprint density at radius 1 is 1.41 bits per heavy atom. The highest BCUT2D eigenvalue weighted by molar-refractivity contribution is 4.93. The van der Waals surface area contributed by atoms with Crippen molar-refractivity contribution >= 4 is 0 Å². The van der Waals surface area contributed by atoms with Crippen LogP contribution in [0.15, 0.2) is 0 Å². The molecule has 17 heavy (non-hydrogen) atoms. The van der Waals surface area contributed by atoms with E-state index >= 15 is 0 Å². The van der Waals surface area contributed by atoms with Crippen LogP contribution in [0.2, 0.25) is 0 Å². The molecular formula is C15H32N2. The van der Waals surface area contributed by atoms with Gasteiger partial charge in [0.15, 0.2) is 0 Å². The lowest BCUT2D eigenvalue weighted by atomic mass is 9.72. The third kappa shape index (κ3) is 4.26. The molecule has 0 radical (unpaired) electrons. The first-order chi connectivity index (χ1) is 7.89. The summed E-state index contributed by atoms with van der Waals surface area (Å²) in [5.74, 6) is 0.808. The smallest absolute Gasteiger partial charge is 0.0251 e. The molecule has 1 N–H and O–H groups in total. The standard InChI is InChI=1S/C15H32N2/c1-7-12(2)11-17(6)14-10-15(3,4)9-8-13(14)16-5/h12-14,16H,7-11H2,1-6H3. The van der Waals surface area contributed by atoms with E-state index in [0.29, 0.717) is 17.5 Å². The van der Waals surface area contributed by atoms with Crippen LogP contribution in [0.4, 0.5) is 0 Å². The second-order valence-corrected chi connectivity index (χ2v) is 6.82. The van der Waals surface area contributed by atoms with Crippen molar-refractivity contribution < 1.29 is 0 Å². The first-order valence-electron chi connectivity index (χ1n) is 7.27. The fourth-order valence-corrected chi connectivity index (χ4v) is 3.10. The summed E-state index contributed by atoms with van der Waals surface area (Å²) in [5.41, 5.74) is 0.516. The fourth-order valence-electron chi connectivity index (χ4n) is 3.10. The van der Waals surface area contributed by atoms with Gasteiger partial charge in [-0.3, -0.25) is 0 Å². The predicted molar refractivity (Wildman–Crippen MR) is 76.4 cm³/mol. The minimum Gasteiger partial charge on any atom is -0.315 e. The zero-order valence-corrected chi connectivity index (χ0v) is 12.7. The number of nitrogens with zero attached hydrogens (tertiary/aromatic N) is 1. The molecule has 3 unspecified atom stereocenters. The molecule has 2 heteroatoms. The van der Waals surface area contributed by atoms with E-state index in [0.717, 1.165) is 5.92 Å². The van der Waals surface area contributed by atoms with Crippen molar-refractivity contribution in [3.05, 3.63) is 0 Å². The van der Waals surface area contributed by atoms with Gasteiger partial charge in [-0.25, -0.2) is 0 Å². The minimum absolute atomic E-state index is 0.516. The minimum atomic E-state index is 0.516. The van der Waals surface area contributed by atoms with Gasteiger partial charge in [-0.05, 0) is 44.7 Å². The number of nitrogens with one attached hydrogen (secondary N) is 1. The van der Waals surface area contributed by atoms with Crippen LogP contribution >= 0.6 is 0 Å². The van der Waals surface area contributed by atoms with E-state index in [1.165, 1.54) is 32.2 Å². The number of hydrogen-bond donors (Lipinski definition) is 1. The van der Waals surface area contributed by atoms with E-state index in [1.54, 1.807) is 0 Å². The topological polar surface area (TPSA) is 15.3 Å². The summed E-state index contributed by atoms with van der Waals surface area (Å²) in [6.45, 7) is 10.7. The lowest BCUT2D eigenvalue weighted by Gasteiger charge is -2.45. The zero-order valence-electron chi connectivity index (χ0n) is 12.7. The highest BCUT2D eigenvalue weighted by Gasteiger charge is 2.36. The lowest BCUT2D eigenvalue weighted by Crippen LogP contribution is -2.53. The van der Waals surface area contributed by atoms with Crippen molar-refractivity contribution in [2.45, 2.75) is 65.5 Å². The molecule has 1 aliphatic carbocycles. The molecule has 1 rings (SSSR count). The molecule has 0 aromatic rings. The van der Waals surface area contributed by atoms with Crippen molar-refractivity contribution in [3.8, 4) is 0 Å². The van der Waals surface area contributed by atoms with Crippen LogP contribution in [-0.2, 0) is 0 Å². The molecule has 0 amide bonds. The van der Waals surface area contributed by atoms with Crippen molar-refractivity contribution in [2.24, 2.45) is 11.3 Å². The van der Waals surface area contributed by atoms with E-state index in [2.05, 4.69) is 52.0 Å². The Morgan fingerprint density at radius 3 is 2.59 bits per heavy atom. The Kier molecular flexibility index (Phi) is 5.46. The van der Waals surface area contributed by atoms with Gasteiger partial charge in [0, 0.05) is 18.6 Å². The second kappa shape index (κ2) is 6.19. The normalized spacial score (nSPS) is 30.5. The molecule has 102 valence electrons. The molecule has 1 saturated carbocycles. The van der Waals surface area contributed by atoms with Crippen molar-refractivity contribution in [2.75, 3.05) is 20.6 Å². The predicted octanol–water partition coefficient (Wildman–Crippen LogP) is 3.13. The summed E-state index contributed by atoms with van der Waals surface area (Å²) in [7, 11) is 4.43. The average molecular weight is 240 g/mol. The van der Waals surface area contributed by atoms with Gasteiger partial charge in [0.2, 0.25) is 0 Å². The van der Waals surface area contributed by atoms with Gasteiger partial charge in [-0.1, -0.05) is 34.1 Å². The van der Waals surface area contributed by atoms with Crippen LogP contribution in [-0.4, -0.2) is 37.6 Å². The zero-order chi connectivity index (χ0) is 13.1. The molecule has 0 bridgehead atoms. The molecule has 3 atom stereocenters. The maximum absolute atomic E-state index is 3.52. The van der Waals surface area contributed by atoms with Crippen LogP contribution in [0.25, 0.3) is 0 Å². The van der Waals surface area contributed by atoms with Crippen molar-refractivity contribution in [1.29, 1.82) is 0 Å². The lowest BCUT2D eigenvalue weighted by molar-refractivity contribution is 0.0758.